The SMILES string of the molecule is COCOC1C[C@@H]2C[C@H](C)CC[C@]2(C)C2CC[C@]3(C)C([C@H](C)CC(=O)C(=O)OC)C(C)C[C@H]3C12. The number of ether oxygens (including phenoxy) is 3. The van der Waals surface area contributed by atoms with Crippen molar-refractivity contribution in [2.24, 2.45) is 58.2 Å². The van der Waals surface area contributed by atoms with Crippen molar-refractivity contribution in [2.75, 3.05) is 21.0 Å². The van der Waals surface area contributed by atoms with Crippen LogP contribution in [0.4, 0.5) is 0 Å². The summed E-state index contributed by atoms with van der Waals surface area (Å²) in [6.07, 6.45) is 9.43. The van der Waals surface area contributed by atoms with E-state index >= 15 is 0 Å². The minimum atomic E-state index is -0.700. The third kappa shape index (κ3) is 4.27. The number of ketones is 1. The third-order valence-electron chi connectivity index (χ3n) is 11.3. The smallest absolute Gasteiger partial charge is 0.374 e. The molecule has 0 aliphatic heterocycles. The van der Waals surface area contributed by atoms with E-state index in [1.807, 2.05) is 0 Å². The molecule has 194 valence electrons. The van der Waals surface area contributed by atoms with Crippen LogP contribution in [0.1, 0.15) is 86.0 Å². The molecule has 4 fully saturated rings. The number of rotatable bonds is 7. The van der Waals surface area contributed by atoms with Crippen LogP contribution in [0, 0.1) is 58.2 Å². The highest BCUT2D eigenvalue weighted by molar-refractivity contribution is 6.33. The number of methoxy groups -OCH3 is 2. The molecule has 0 bridgehead atoms. The van der Waals surface area contributed by atoms with E-state index in [2.05, 4.69) is 34.6 Å². The van der Waals surface area contributed by atoms with E-state index in [4.69, 9.17) is 14.2 Å². The fraction of sp³-hybridized carbons (Fsp3) is 0.931. The molecule has 5 unspecified atom stereocenters. The molecule has 0 spiro atoms. The van der Waals surface area contributed by atoms with Crippen molar-refractivity contribution >= 4 is 11.8 Å². The molecule has 0 N–H and O–H groups in total. The maximum atomic E-state index is 12.4. The number of Topliss-reactive ketones (excluding diaryl/α,β-unsaturated/α-hetero) is 1. The molecule has 0 aromatic heterocycles. The lowest BCUT2D eigenvalue weighted by molar-refractivity contribution is -0.204. The molecule has 5 heteroatoms. The monoisotopic (exact) mass is 476 g/mol. The first-order valence-corrected chi connectivity index (χ1v) is 13.8. The molecule has 4 aliphatic carbocycles. The normalized spacial score (nSPS) is 46.7. The van der Waals surface area contributed by atoms with E-state index in [1.54, 1.807) is 7.11 Å². The van der Waals surface area contributed by atoms with Gasteiger partial charge in [-0.05, 0) is 96.7 Å². The van der Waals surface area contributed by atoms with Crippen molar-refractivity contribution < 1.29 is 23.8 Å². The number of carbonyl (C=O) groups is 2. The van der Waals surface area contributed by atoms with Crippen molar-refractivity contribution in [1.29, 1.82) is 0 Å². The second-order valence-corrected chi connectivity index (χ2v) is 13.1. The van der Waals surface area contributed by atoms with E-state index in [9.17, 15) is 9.59 Å². The van der Waals surface area contributed by atoms with Crippen molar-refractivity contribution in [3.63, 3.8) is 0 Å². The summed E-state index contributed by atoms with van der Waals surface area (Å²) in [7, 11) is 3.02. The molecule has 4 saturated carbocycles. The van der Waals surface area contributed by atoms with Crippen LogP contribution in [0.25, 0.3) is 0 Å². The molecule has 0 aromatic carbocycles. The van der Waals surface area contributed by atoms with Gasteiger partial charge in [0.2, 0.25) is 5.78 Å². The predicted octanol–water partition coefficient (Wildman–Crippen LogP) is 5.89. The largest absolute Gasteiger partial charge is 0.463 e. The molecule has 0 saturated heterocycles. The van der Waals surface area contributed by atoms with E-state index in [-0.39, 0.29) is 23.2 Å². The van der Waals surface area contributed by atoms with Crippen molar-refractivity contribution in [1.82, 2.24) is 0 Å². The molecule has 0 heterocycles. The van der Waals surface area contributed by atoms with Crippen LogP contribution in [0.5, 0.6) is 0 Å². The summed E-state index contributed by atoms with van der Waals surface area (Å²) in [4.78, 5) is 24.3. The Labute approximate surface area is 207 Å². The zero-order chi connectivity index (χ0) is 24.8. The molecular formula is C29H48O5. The Hall–Kier alpha value is -0.940. The van der Waals surface area contributed by atoms with Crippen molar-refractivity contribution in [3.8, 4) is 0 Å². The Balaban J connectivity index is 1.62. The molecule has 34 heavy (non-hydrogen) atoms. The first-order valence-electron chi connectivity index (χ1n) is 13.8. The Morgan fingerprint density at radius 3 is 2.35 bits per heavy atom. The summed E-state index contributed by atoms with van der Waals surface area (Å²) in [6, 6.07) is 0. The fourth-order valence-electron chi connectivity index (χ4n) is 9.98. The topological polar surface area (TPSA) is 61.8 Å². The lowest BCUT2D eigenvalue weighted by Gasteiger charge is -2.63. The van der Waals surface area contributed by atoms with Crippen LogP contribution in [-0.2, 0) is 23.8 Å². The highest BCUT2D eigenvalue weighted by atomic mass is 16.7. The molecule has 0 radical (unpaired) electrons. The van der Waals surface area contributed by atoms with E-state index in [0.29, 0.717) is 48.2 Å². The molecule has 11 atom stereocenters. The Kier molecular flexibility index (Phi) is 7.56. The minimum Gasteiger partial charge on any atom is -0.463 e. The molecule has 0 amide bonds. The average Bonchev–Trinajstić information content (AvgIpc) is 3.07. The summed E-state index contributed by atoms with van der Waals surface area (Å²) >= 11 is 0. The summed E-state index contributed by atoms with van der Waals surface area (Å²) in [6.45, 7) is 12.5. The lowest BCUT2D eigenvalue weighted by atomic mass is 9.43. The van der Waals surface area contributed by atoms with Gasteiger partial charge in [-0.2, -0.15) is 0 Å². The summed E-state index contributed by atoms with van der Waals surface area (Å²) in [5.74, 6) is 3.49. The summed E-state index contributed by atoms with van der Waals surface area (Å²) in [5.41, 5.74) is 0.593. The lowest BCUT2D eigenvalue weighted by Crippen LogP contribution is -2.58. The second kappa shape index (κ2) is 9.84. The summed E-state index contributed by atoms with van der Waals surface area (Å²) in [5, 5.41) is 0. The maximum absolute atomic E-state index is 12.4. The second-order valence-electron chi connectivity index (χ2n) is 13.1. The minimum absolute atomic E-state index is 0.175. The van der Waals surface area contributed by atoms with Gasteiger partial charge in [0, 0.05) is 13.5 Å². The van der Waals surface area contributed by atoms with Gasteiger partial charge in [-0.1, -0.05) is 41.0 Å². The molecule has 4 aliphatic rings. The van der Waals surface area contributed by atoms with Gasteiger partial charge in [-0.3, -0.25) is 4.79 Å². The van der Waals surface area contributed by atoms with E-state index < -0.39 is 5.97 Å². The van der Waals surface area contributed by atoms with Crippen LogP contribution in [0.15, 0.2) is 0 Å². The number of hydrogen-bond donors (Lipinski definition) is 0. The van der Waals surface area contributed by atoms with Crippen molar-refractivity contribution in [2.45, 2.75) is 92.1 Å². The number of esters is 1. The average molecular weight is 477 g/mol. The molecule has 0 aromatic rings. The third-order valence-corrected chi connectivity index (χ3v) is 11.3. The summed E-state index contributed by atoms with van der Waals surface area (Å²) < 4.78 is 16.6. The first kappa shape index (κ1) is 26.1. The van der Waals surface area contributed by atoms with Gasteiger partial charge in [0.25, 0.3) is 0 Å². The van der Waals surface area contributed by atoms with E-state index in [1.165, 1.54) is 45.6 Å². The van der Waals surface area contributed by atoms with Gasteiger partial charge >= 0.3 is 5.97 Å². The van der Waals surface area contributed by atoms with E-state index in [0.717, 1.165) is 18.3 Å². The maximum Gasteiger partial charge on any atom is 0.374 e. The predicted molar refractivity (Wildman–Crippen MR) is 132 cm³/mol. The first-order chi connectivity index (χ1) is 16.1. The zero-order valence-corrected chi connectivity index (χ0v) is 22.6. The van der Waals surface area contributed by atoms with Gasteiger partial charge < -0.3 is 14.2 Å². The Bertz CT molecular complexity index is 766. The number of fused-ring (bicyclic) bond motifs is 5. The number of hydrogen-bond acceptors (Lipinski definition) is 5. The van der Waals surface area contributed by atoms with Gasteiger partial charge in [-0.15, -0.1) is 0 Å². The molecule has 5 nitrogen and oxygen atoms in total. The Morgan fingerprint density at radius 2 is 1.68 bits per heavy atom. The fourth-order valence-corrected chi connectivity index (χ4v) is 9.98. The highest BCUT2D eigenvalue weighted by Gasteiger charge is 2.64. The quantitative estimate of drug-likeness (QED) is 0.260. The van der Waals surface area contributed by atoms with Gasteiger partial charge in [-0.25, -0.2) is 4.79 Å². The molecular weight excluding hydrogens is 428 g/mol. The van der Waals surface area contributed by atoms with Crippen molar-refractivity contribution in [3.05, 3.63) is 0 Å². The zero-order valence-electron chi connectivity index (χ0n) is 22.6. The van der Waals surface area contributed by atoms with Crippen LogP contribution in [0.3, 0.4) is 0 Å². The highest BCUT2D eigenvalue weighted by Crippen LogP contribution is 2.70. The van der Waals surface area contributed by atoms with Crippen LogP contribution >= 0.6 is 0 Å². The van der Waals surface area contributed by atoms with Gasteiger partial charge in [0.1, 0.15) is 6.79 Å². The molecule has 4 rings (SSSR count). The standard InChI is InChI=1S/C29H48O5/c1-17-8-10-28(4)20(12-17)15-24(34-16-32-6)25-21(28)9-11-29(5)22(25)13-18(2)26(29)19(3)14-23(30)27(31)33-7/h17-22,24-26H,8-16H2,1-7H3/t17-,18?,19-,20+,21?,22+,24?,25?,26?,28+,29+/m1/s1. The van der Waals surface area contributed by atoms with Crippen LogP contribution in [-0.4, -0.2) is 38.9 Å². The van der Waals surface area contributed by atoms with Gasteiger partial charge in [0.05, 0.1) is 13.2 Å². The number of carbonyl (C=O) groups excluding carboxylic acids is 2. The van der Waals surface area contributed by atoms with Gasteiger partial charge in [0.15, 0.2) is 0 Å². The van der Waals surface area contributed by atoms with Crippen LogP contribution in [0.2, 0.25) is 0 Å². The van der Waals surface area contributed by atoms with Crippen LogP contribution < -0.4 is 0 Å². The Morgan fingerprint density at radius 1 is 0.971 bits per heavy atom.